The molecule has 1 aromatic heterocycles. The Bertz CT molecular complexity index is 781. The molecule has 2 aromatic rings. The van der Waals surface area contributed by atoms with E-state index in [1.807, 2.05) is 6.07 Å². The molecule has 116 valence electrons. The quantitative estimate of drug-likeness (QED) is 0.942. The Labute approximate surface area is 132 Å². The number of fused-ring (bicyclic) bond motifs is 2. The summed E-state index contributed by atoms with van der Waals surface area (Å²) >= 11 is 1.67. The zero-order valence-electron chi connectivity index (χ0n) is 12.6. The van der Waals surface area contributed by atoms with Crippen molar-refractivity contribution in [3.05, 3.63) is 38.9 Å². The summed E-state index contributed by atoms with van der Waals surface area (Å²) in [6.45, 7) is 2.05. The van der Waals surface area contributed by atoms with Crippen LogP contribution < -0.4 is 15.9 Å². The Kier molecular flexibility index (Phi) is 4.16. The van der Waals surface area contributed by atoms with E-state index in [9.17, 15) is 9.59 Å². The fourth-order valence-corrected chi connectivity index (χ4v) is 4.33. The van der Waals surface area contributed by atoms with Crippen molar-refractivity contribution < 1.29 is 9.53 Å². The molecule has 0 saturated carbocycles. The molecule has 22 heavy (non-hydrogen) atoms. The highest BCUT2D eigenvalue weighted by Gasteiger charge is 2.21. The molecule has 2 N–H and O–H groups in total. The van der Waals surface area contributed by atoms with Gasteiger partial charge in [0.05, 0.1) is 0 Å². The molecule has 1 aliphatic rings. The predicted molar refractivity (Wildman–Crippen MR) is 88.6 cm³/mol. The molecule has 1 atom stereocenters. The van der Waals surface area contributed by atoms with Crippen LogP contribution in [0, 0.1) is 5.92 Å². The van der Waals surface area contributed by atoms with Crippen LogP contribution in [0.4, 0.5) is 0 Å². The molecule has 3 rings (SSSR count). The van der Waals surface area contributed by atoms with Gasteiger partial charge in [-0.15, -0.1) is 11.3 Å². The Morgan fingerprint density at radius 2 is 2.27 bits per heavy atom. The van der Waals surface area contributed by atoms with Crippen LogP contribution in [0.2, 0.25) is 0 Å². The van der Waals surface area contributed by atoms with Crippen LogP contribution in [0.15, 0.2) is 23.0 Å². The lowest BCUT2D eigenvalue weighted by molar-refractivity contribution is -0.119. The summed E-state index contributed by atoms with van der Waals surface area (Å²) < 4.78 is 6.25. The highest BCUT2D eigenvalue weighted by atomic mass is 32.1. The van der Waals surface area contributed by atoms with E-state index in [4.69, 9.17) is 10.5 Å². The van der Waals surface area contributed by atoms with E-state index in [-0.39, 0.29) is 12.0 Å². The van der Waals surface area contributed by atoms with Crippen LogP contribution >= 0.6 is 11.3 Å². The maximum atomic E-state index is 12.6. The third-order valence-corrected chi connectivity index (χ3v) is 5.49. The highest BCUT2D eigenvalue weighted by molar-refractivity contribution is 7.18. The van der Waals surface area contributed by atoms with Crippen molar-refractivity contribution >= 4 is 27.3 Å². The zero-order valence-corrected chi connectivity index (χ0v) is 13.4. The van der Waals surface area contributed by atoms with Gasteiger partial charge in [-0.3, -0.25) is 9.59 Å². The number of nitrogens with two attached hydrogens (primary N) is 1. The molecule has 1 heterocycles. The van der Waals surface area contributed by atoms with Gasteiger partial charge in [-0.05, 0) is 43.4 Å². The summed E-state index contributed by atoms with van der Waals surface area (Å²) in [6.07, 6.45) is 4.14. The number of carbonyl (C=O) groups is 1. The number of primary amides is 1. The van der Waals surface area contributed by atoms with Crippen molar-refractivity contribution in [1.29, 1.82) is 0 Å². The van der Waals surface area contributed by atoms with Gasteiger partial charge in [0.1, 0.15) is 5.75 Å². The summed E-state index contributed by atoms with van der Waals surface area (Å²) in [5.74, 6) is 0.740. The minimum absolute atomic E-state index is 0.150. The van der Waals surface area contributed by atoms with Crippen LogP contribution in [0.5, 0.6) is 5.75 Å². The van der Waals surface area contributed by atoms with Gasteiger partial charge in [0.2, 0.25) is 0 Å². The van der Waals surface area contributed by atoms with E-state index in [1.165, 1.54) is 4.88 Å². The molecule has 0 bridgehead atoms. The molecule has 0 fully saturated rings. The number of hydrogen-bond donors (Lipinski definition) is 1. The Morgan fingerprint density at radius 3 is 3.00 bits per heavy atom. The fraction of sp³-hybridized carbons (Fsp3) is 0.412. The lowest BCUT2D eigenvalue weighted by atomic mass is 9.87. The molecule has 1 aliphatic carbocycles. The van der Waals surface area contributed by atoms with Gasteiger partial charge in [0.25, 0.3) is 5.91 Å². The van der Waals surface area contributed by atoms with E-state index in [1.54, 1.807) is 23.5 Å². The van der Waals surface area contributed by atoms with E-state index in [0.717, 1.165) is 41.3 Å². The molecule has 1 aromatic carbocycles. The molecule has 1 unspecified atom stereocenters. The van der Waals surface area contributed by atoms with E-state index >= 15 is 0 Å². The molecule has 1 amide bonds. The van der Waals surface area contributed by atoms with Gasteiger partial charge in [-0.2, -0.15) is 0 Å². The van der Waals surface area contributed by atoms with Gasteiger partial charge in [0.15, 0.2) is 12.0 Å². The van der Waals surface area contributed by atoms with Crippen LogP contribution in [-0.2, 0) is 17.6 Å². The van der Waals surface area contributed by atoms with Gasteiger partial charge in [-0.1, -0.05) is 13.3 Å². The molecule has 0 aliphatic heterocycles. The van der Waals surface area contributed by atoms with Crippen molar-refractivity contribution in [3.63, 3.8) is 0 Å². The van der Waals surface area contributed by atoms with E-state index in [2.05, 4.69) is 6.92 Å². The second kappa shape index (κ2) is 6.08. The number of amides is 1. The monoisotopic (exact) mass is 317 g/mol. The highest BCUT2D eigenvalue weighted by Crippen LogP contribution is 2.33. The summed E-state index contributed by atoms with van der Waals surface area (Å²) in [5.41, 5.74) is 6.23. The second-order valence-corrected chi connectivity index (χ2v) is 6.90. The number of rotatable bonds is 4. The van der Waals surface area contributed by atoms with Crippen molar-refractivity contribution in [3.8, 4) is 5.75 Å². The third kappa shape index (κ3) is 2.86. The first-order valence-corrected chi connectivity index (χ1v) is 8.40. The maximum absolute atomic E-state index is 12.6. The number of ether oxygens (including phenoxy) is 1. The SMILES string of the molecule is CCC1CCc2c(sc3cc(OCC(N)=O)ccc3c2=O)C1. The topological polar surface area (TPSA) is 69.4 Å². The number of benzene rings is 1. The van der Waals surface area contributed by atoms with Crippen molar-refractivity contribution in [2.75, 3.05) is 6.61 Å². The first kappa shape index (κ1) is 15.0. The first-order valence-electron chi connectivity index (χ1n) is 7.58. The smallest absolute Gasteiger partial charge is 0.255 e. The lowest BCUT2D eigenvalue weighted by Gasteiger charge is -2.22. The lowest BCUT2D eigenvalue weighted by Crippen LogP contribution is -2.21. The van der Waals surface area contributed by atoms with Gasteiger partial charge >= 0.3 is 0 Å². The number of hydrogen-bond acceptors (Lipinski definition) is 4. The second-order valence-electron chi connectivity index (χ2n) is 5.76. The maximum Gasteiger partial charge on any atom is 0.255 e. The molecule has 0 radical (unpaired) electrons. The van der Waals surface area contributed by atoms with Crippen LogP contribution in [-0.4, -0.2) is 12.5 Å². The zero-order chi connectivity index (χ0) is 15.7. The summed E-state index contributed by atoms with van der Waals surface area (Å²) in [4.78, 5) is 24.6. The Hall–Kier alpha value is -1.88. The molecular formula is C17H19NO3S. The van der Waals surface area contributed by atoms with Crippen molar-refractivity contribution in [2.45, 2.75) is 32.6 Å². The molecule has 0 saturated heterocycles. The predicted octanol–water partition coefficient (Wildman–Crippen LogP) is 2.64. The first-order chi connectivity index (χ1) is 10.6. The summed E-state index contributed by atoms with van der Waals surface area (Å²) in [5, 5.41) is 0.741. The standard InChI is InChI=1S/C17H19NO3S/c1-2-10-3-5-12-14(7-10)22-15-8-11(21-9-16(18)19)4-6-13(15)17(12)20/h4,6,8,10H,2-3,5,7,9H2,1H3,(H2,18,19). The summed E-state index contributed by atoms with van der Waals surface area (Å²) in [7, 11) is 0. The summed E-state index contributed by atoms with van der Waals surface area (Å²) in [6, 6.07) is 5.35. The Morgan fingerprint density at radius 1 is 1.45 bits per heavy atom. The van der Waals surface area contributed by atoms with Gasteiger partial charge in [0, 0.05) is 20.5 Å². The molecule has 5 heteroatoms. The van der Waals surface area contributed by atoms with E-state index in [0.29, 0.717) is 11.7 Å². The fourth-order valence-electron chi connectivity index (χ4n) is 2.98. The Balaban J connectivity index is 2.02. The largest absolute Gasteiger partial charge is 0.484 e. The molecular weight excluding hydrogens is 298 g/mol. The van der Waals surface area contributed by atoms with Crippen molar-refractivity contribution in [2.24, 2.45) is 11.7 Å². The average molecular weight is 317 g/mol. The van der Waals surface area contributed by atoms with Gasteiger partial charge in [-0.25, -0.2) is 0 Å². The number of carbonyl (C=O) groups excluding carboxylic acids is 1. The average Bonchev–Trinajstić information content (AvgIpc) is 2.52. The molecule has 4 nitrogen and oxygen atoms in total. The minimum Gasteiger partial charge on any atom is -0.484 e. The minimum atomic E-state index is -0.510. The van der Waals surface area contributed by atoms with E-state index < -0.39 is 5.91 Å². The normalized spacial score (nSPS) is 17.2. The molecule has 0 spiro atoms. The third-order valence-electron chi connectivity index (χ3n) is 4.28. The van der Waals surface area contributed by atoms with Gasteiger partial charge < -0.3 is 10.5 Å². The van der Waals surface area contributed by atoms with Crippen molar-refractivity contribution in [1.82, 2.24) is 0 Å². The van der Waals surface area contributed by atoms with Crippen LogP contribution in [0.3, 0.4) is 0 Å². The van der Waals surface area contributed by atoms with Crippen LogP contribution in [0.1, 0.15) is 30.2 Å². The van der Waals surface area contributed by atoms with Crippen LogP contribution in [0.25, 0.3) is 10.1 Å².